The topological polar surface area (TPSA) is 44.8 Å². The molecule has 0 amide bonds. The fourth-order valence-corrected chi connectivity index (χ4v) is 1.05. The van der Waals surface area contributed by atoms with Crippen molar-refractivity contribution in [3.63, 3.8) is 0 Å². The quantitative estimate of drug-likeness (QED) is 0.693. The van der Waals surface area contributed by atoms with Crippen LogP contribution < -0.4 is 9.47 Å². The van der Waals surface area contributed by atoms with Gasteiger partial charge in [0.05, 0.1) is 27.2 Å². The average molecular weight is 210 g/mol. The highest BCUT2D eigenvalue weighted by molar-refractivity contribution is 5.69. The van der Waals surface area contributed by atoms with Crippen molar-refractivity contribution in [3.8, 4) is 11.5 Å². The summed E-state index contributed by atoms with van der Waals surface area (Å²) in [5, 5.41) is 0. The van der Waals surface area contributed by atoms with Gasteiger partial charge in [0.15, 0.2) is 0 Å². The van der Waals surface area contributed by atoms with E-state index in [4.69, 9.17) is 9.47 Å². The lowest BCUT2D eigenvalue weighted by atomic mass is 10.3. The fourth-order valence-electron chi connectivity index (χ4n) is 1.05. The lowest BCUT2D eigenvalue weighted by Gasteiger charge is -2.06. The molecule has 0 aliphatic carbocycles. The van der Waals surface area contributed by atoms with Crippen molar-refractivity contribution in [1.29, 1.82) is 0 Å². The SMILES string of the molecule is COC(=O)CCOc1cccc(OC)c1. The van der Waals surface area contributed by atoms with Gasteiger partial charge in [-0.1, -0.05) is 6.07 Å². The fraction of sp³-hybridized carbons (Fsp3) is 0.364. The molecule has 82 valence electrons. The first kappa shape index (κ1) is 11.4. The van der Waals surface area contributed by atoms with Crippen molar-refractivity contribution in [2.45, 2.75) is 6.42 Å². The Morgan fingerprint density at radius 2 is 2.00 bits per heavy atom. The van der Waals surface area contributed by atoms with Crippen LogP contribution in [0.4, 0.5) is 0 Å². The first-order valence-corrected chi connectivity index (χ1v) is 4.60. The van der Waals surface area contributed by atoms with Crippen LogP contribution in [0.1, 0.15) is 6.42 Å². The van der Waals surface area contributed by atoms with Gasteiger partial charge in [0.1, 0.15) is 11.5 Å². The molecule has 0 saturated carbocycles. The maximum absolute atomic E-state index is 10.8. The lowest BCUT2D eigenvalue weighted by Crippen LogP contribution is -2.07. The first-order valence-electron chi connectivity index (χ1n) is 4.60. The molecule has 4 nitrogen and oxygen atoms in total. The molecule has 0 aliphatic heterocycles. The van der Waals surface area contributed by atoms with Gasteiger partial charge in [-0.05, 0) is 12.1 Å². The normalized spacial score (nSPS) is 9.47. The second-order valence-corrected chi connectivity index (χ2v) is 2.85. The number of methoxy groups -OCH3 is 2. The summed E-state index contributed by atoms with van der Waals surface area (Å²) in [6.07, 6.45) is 0.244. The van der Waals surface area contributed by atoms with Crippen LogP contribution in [-0.2, 0) is 9.53 Å². The summed E-state index contributed by atoms with van der Waals surface area (Å²) in [5.74, 6) is 1.13. The zero-order valence-electron chi connectivity index (χ0n) is 8.86. The summed E-state index contributed by atoms with van der Waals surface area (Å²) in [6, 6.07) is 7.22. The minimum atomic E-state index is -0.280. The van der Waals surface area contributed by atoms with E-state index in [0.717, 1.165) is 5.75 Å². The van der Waals surface area contributed by atoms with Gasteiger partial charge in [-0.3, -0.25) is 4.79 Å². The predicted molar refractivity (Wildman–Crippen MR) is 55.1 cm³/mol. The van der Waals surface area contributed by atoms with E-state index in [1.165, 1.54) is 7.11 Å². The molecule has 15 heavy (non-hydrogen) atoms. The summed E-state index contributed by atoms with van der Waals surface area (Å²) in [4.78, 5) is 10.8. The molecule has 0 radical (unpaired) electrons. The molecule has 0 N–H and O–H groups in total. The molecule has 0 aliphatic rings. The van der Waals surface area contributed by atoms with Crippen molar-refractivity contribution in [2.24, 2.45) is 0 Å². The number of hydrogen-bond donors (Lipinski definition) is 0. The molecule has 1 rings (SSSR count). The third-order valence-electron chi connectivity index (χ3n) is 1.84. The minimum Gasteiger partial charge on any atom is -0.497 e. The van der Waals surface area contributed by atoms with E-state index in [0.29, 0.717) is 12.4 Å². The molecule has 0 fully saturated rings. The molecule has 1 aromatic rings. The summed E-state index contributed by atoms with van der Waals surface area (Å²) in [5.41, 5.74) is 0. The largest absolute Gasteiger partial charge is 0.497 e. The number of esters is 1. The highest BCUT2D eigenvalue weighted by Crippen LogP contribution is 2.18. The Morgan fingerprint density at radius 3 is 2.67 bits per heavy atom. The van der Waals surface area contributed by atoms with E-state index < -0.39 is 0 Å². The molecular weight excluding hydrogens is 196 g/mol. The third-order valence-corrected chi connectivity index (χ3v) is 1.84. The summed E-state index contributed by atoms with van der Waals surface area (Å²) < 4.78 is 14.9. The van der Waals surface area contributed by atoms with Crippen LogP contribution in [-0.4, -0.2) is 26.8 Å². The molecular formula is C11H14O4. The van der Waals surface area contributed by atoms with Gasteiger partial charge >= 0.3 is 5.97 Å². The number of carbonyl (C=O) groups is 1. The van der Waals surface area contributed by atoms with Gasteiger partial charge in [0.25, 0.3) is 0 Å². The van der Waals surface area contributed by atoms with Crippen LogP contribution in [0.3, 0.4) is 0 Å². The smallest absolute Gasteiger partial charge is 0.308 e. The summed E-state index contributed by atoms with van der Waals surface area (Å²) in [7, 11) is 2.95. The second kappa shape index (κ2) is 5.90. The van der Waals surface area contributed by atoms with Crippen molar-refractivity contribution in [3.05, 3.63) is 24.3 Å². The highest BCUT2D eigenvalue weighted by Gasteiger charge is 2.01. The number of hydrogen-bond acceptors (Lipinski definition) is 4. The Morgan fingerprint density at radius 1 is 1.27 bits per heavy atom. The highest BCUT2D eigenvalue weighted by atomic mass is 16.5. The van der Waals surface area contributed by atoms with Crippen molar-refractivity contribution < 1.29 is 19.0 Å². The average Bonchev–Trinajstić information content (AvgIpc) is 2.29. The zero-order chi connectivity index (χ0) is 11.1. The molecule has 0 saturated heterocycles. The molecule has 4 heteroatoms. The Hall–Kier alpha value is -1.71. The van der Waals surface area contributed by atoms with E-state index in [1.807, 2.05) is 12.1 Å². The van der Waals surface area contributed by atoms with Gasteiger partial charge in [-0.25, -0.2) is 0 Å². The van der Waals surface area contributed by atoms with Gasteiger partial charge in [0.2, 0.25) is 0 Å². The molecule has 0 unspecified atom stereocenters. The summed E-state index contributed by atoms with van der Waals surface area (Å²) in [6.45, 7) is 0.305. The van der Waals surface area contributed by atoms with E-state index in [1.54, 1.807) is 19.2 Å². The standard InChI is InChI=1S/C11H14O4/c1-13-9-4-3-5-10(8-9)15-7-6-11(12)14-2/h3-5,8H,6-7H2,1-2H3. The van der Waals surface area contributed by atoms with E-state index in [9.17, 15) is 4.79 Å². The van der Waals surface area contributed by atoms with E-state index in [-0.39, 0.29) is 12.4 Å². The van der Waals surface area contributed by atoms with Crippen LogP contribution in [0.25, 0.3) is 0 Å². The third kappa shape index (κ3) is 3.89. The Labute approximate surface area is 88.8 Å². The van der Waals surface area contributed by atoms with Crippen LogP contribution in [0.5, 0.6) is 11.5 Å². The molecule has 0 heterocycles. The van der Waals surface area contributed by atoms with Gasteiger partial charge in [0, 0.05) is 6.07 Å². The van der Waals surface area contributed by atoms with Gasteiger partial charge in [-0.15, -0.1) is 0 Å². The van der Waals surface area contributed by atoms with Gasteiger partial charge in [-0.2, -0.15) is 0 Å². The van der Waals surface area contributed by atoms with Gasteiger partial charge < -0.3 is 14.2 Å². The number of carbonyl (C=O) groups excluding carboxylic acids is 1. The van der Waals surface area contributed by atoms with Crippen molar-refractivity contribution >= 4 is 5.97 Å². The van der Waals surface area contributed by atoms with E-state index >= 15 is 0 Å². The van der Waals surface area contributed by atoms with E-state index in [2.05, 4.69) is 4.74 Å². The number of rotatable bonds is 5. The predicted octanol–water partition coefficient (Wildman–Crippen LogP) is 1.64. The lowest BCUT2D eigenvalue weighted by molar-refractivity contribution is -0.141. The first-order chi connectivity index (χ1) is 7.26. The van der Waals surface area contributed by atoms with Crippen molar-refractivity contribution in [1.82, 2.24) is 0 Å². The van der Waals surface area contributed by atoms with Crippen LogP contribution in [0, 0.1) is 0 Å². The van der Waals surface area contributed by atoms with Crippen molar-refractivity contribution in [2.75, 3.05) is 20.8 Å². The molecule has 0 atom stereocenters. The summed E-state index contributed by atoms with van der Waals surface area (Å²) >= 11 is 0. The maximum Gasteiger partial charge on any atom is 0.308 e. The number of benzene rings is 1. The Bertz CT molecular complexity index is 322. The maximum atomic E-state index is 10.8. The minimum absolute atomic E-state index is 0.244. The van der Waals surface area contributed by atoms with Crippen LogP contribution in [0.15, 0.2) is 24.3 Å². The van der Waals surface area contributed by atoms with Crippen LogP contribution >= 0.6 is 0 Å². The molecule has 0 spiro atoms. The molecule has 1 aromatic carbocycles. The van der Waals surface area contributed by atoms with Crippen LogP contribution in [0.2, 0.25) is 0 Å². The zero-order valence-corrected chi connectivity index (χ0v) is 8.86. The molecule has 0 aromatic heterocycles. The molecule has 0 bridgehead atoms. The Kier molecular flexibility index (Phi) is 4.47. The number of ether oxygens (including phenoxy) is 3. The Balaban J connectivity index is 2.40. The second-order valence-electron chi connectivity index (χ2n) is 2.85. The monoisotopic (exact) mass is 210 g/mol.